The van der Waals surface area contributed by atoms with Crippen LogP contribution in [0.5, 0.6) is 0 Å². The first-order chi connectivity index (χ1) is 16.2. The van der Waals surface area contributed by atoms with E-state index in [0.717, 1.165) is 39.0 Å². The molecule has 2 heteroatoms. The Morgan fingerprint density at radius 1 is 0.545 bits per heavy atom. The van der Waals surface area contributed by atoms with Gasteiger partial charge in [-0.05, 0) is 52.0 Å². The maximum absolute atomic E-state index is 9.07. The predicted octanol–water partition coefficient (Wildman–Crippen LogP) is 7.43. The molecule has 0 radical (unpaired) electrons. The summed E-state index contributed by atoms with van der Waals surface area (Å²) in [6.07, 6.45) is 1.60. The van der Waals surface area contributed by atoms with Gasteiger partial charge in [-0.2, -0.15) is 10.5 Å². The highest BCUT2D eigenvalue weighted by Crippen LogP contribution is 2.37. The maximum Gasteiger partial charge on any atom is 0.130 e. The molecule has 0 spiro atoms. The molecule has 2 nitrogen and oxygen atoms in total. The van der Waals surface area contributed by atoms with Crippen LogP contribution in [0.25, 0.3) is 17.2 Å². The fourth-order valence-electron chi connectivity index (χ4n) is 3.84. The standard InChI is InChI=1S/C31H22N2/c1-23-12-16-28(17-13-23)30(26-8-4-2-5-9-26)31(27-10-6-3-7-11-27)29-18-14-24(15-19-29)20-25(21-32)22-33/h2-20H,1H3/b31-30+. The molecule has 0 N–H and O–H groups in total. The second-order valence-electron chi connectivity index (χ2n) is 7.75. The van der Waals surface area contributed by atoms with Crippen LogP contribution in [-0.4, -0.2) is 0 Å². The molecule has 0 saturated heterocycles. The Hall–Kier alpha value is -4.66. The van der Waals surface area contributed by atoms with Crippen LogP contribution in [0.3, 0.4) is 0 Å². The first-order valence-electron chi connectivity index (χ1n) is 10.7. The zero-order valence-electron chi connectivity index (χ0n) is 18.4. The summed E-state index contributed by atoms with van der Waals surface area (Å²) in [5, 5.41) is 18.1. The highest BCUT2D eigenvalue weighted by atomic mass is 14.3. The van der Waals surface area contributed by atoms with Crippen LogP contribution in [0.1, 0.15) is 33.4 Å². The van der Waals surface area contributed by atoms with Gasteiger partial charge in [-0.15, -0.1) is 0 Å². The van der Waals surface area contributed by atoms with Crippen LogP contribution in [0.2, 0.25) is 0 Å². The van der Waals surface area contributed by atoms with E-state index in [-0.39, 0.29) is 5.57 Å². The molecule has 0 aliphatic carbocycles. The van der Waals surface area contributed by atoms with Gasteiger partial charge in [0.25, 0.3) is 0 Å². The average Bonchev–Trinajstić information content (AvgIpc) is 2.88. The van der Waals surface area contributed by atoms with Crippen LogP contribution in [0.15, 0.2) is 115 Å². The van der Waals surface area contributed by atoms with E-state index in [9.17, 15) is 0 Å². The lowest BCUT2D eigenvalue weighted by molar-refractivity contribution is 1.44. The van der Waals surface area contributed by atoms with Gasteiger partial charge < -0.3 is 0 Å². The lowest BCUT2D eigenvalue weighted by Crippen LogP contribution is -1.97. The number of benzene rings is 4. The predicted molar refractivity (Wildman–Crippen MR) is 135 cm³/mol. The molecule has 0 aliphatic rings. The van der Waals surface area contributed by atoms with E-state index in [1.165, 1.54) is 5.56 Å². The van der Waals surface area contributed by atoms with Gasteiger partial charge in [0.15, 0.2) is 0 Å². The minimum Gasteiger partial charge on any atom is -0.192 e. The van der Waals surface area contributed by atoms with Gasteiger partial charge >= 0.3 is 0 Å². The monoisotopic (exact) mass is 422 g/mol. The van der Waals surface area contributed by atoms with Crippen molar-refractivity contribution in [3.8, 4) is 12.1 Å². The molecular weight excluding hydrogens is 400 g/mol. The van der Waals surface area contributed by atoms with Crippen LogP contribution in [-0.2, 0) is 0 Å². The first-order valence-corrected chi connectivity index (χ1v) is 10.7. The molecule has 4 aromatic carbocycles. The third kappa shape index (κ3) is 4.99. The Morgan fingerprint density at radius 2 is 0.939 bits per heavy atom. The highest BCUT2D eigenvalue weighted by molar-refractivity contribution is 6.04. The van der Waals surface area contributed by atoms with Gasteiger partial charge in [0.1, 0.15) is 17.7 Å². The molecule has 156 valence electrons. The Kier molecular flexibility index (Phi) is 6.60. The van der Waals surface area contributed by atoms with E-state index < -0.39 is 0 Å². The minimum absolute atomic E-state index is 0.0891. The van der Waals surface area contributed by atoms with E-state index in [2.05, 4.69) is 91.9 Å². The summed E-state index contributed by atoms with van der Waals surface area (Å²) in [5.74, 6) is 0. The number of hydrogen-bond acceptors (Lipinski definition) is 2. The number of allylic oxidation sites excluding steroid dienone is 1. The van der Waals surface area contributed by atoms with Crippen molar-refractivity contribution in [3.05, 3.63) is 148 Å². The first kappa shape index (κ1) is 21.6. The Morgan fingerprint density at radius 3 is 1.36 bits per heavy atom. The maximum atomic E-state index is 9.07. The summed E-state index contributed by atoms with van der Waals surface area (Å²) < 4.78 is 0. The molecule has 0 fully saturated rings. The number of nitrogens with zero attached hydrogens (tertiary/aromatic N) is 2. The summed E-state index contributed by atoms with van der Waals surface area (Å²) in [7, 11) is 0. The van der Waals surface area contributed by atoms with Gasteiger partial charge in [-0.1, -0.05) is 115 Å². The summed E-state index contributed by atoms with van der Waals surface area (Å²) >= 11 is 0. The van der Waals surface area contributed by atoms with Gasteiger partial charge in [-0.3, -0.25) is 0 Å². The Labute approximate surface area is 195 Å². The normalized spacial score (nSPS) is 11.0. The molecule has 0 atom stereocenters. The Balaban J connectivity index is 1.99. The van der Waals surface area contributed by atoms with Gasteiger partial charge in [0.2, 0.25) is 0 Å². The molecule has 4 aromatic rings. The lowest BCUT2D eigenvalue weighted by Gasteiger charge is -2.18. The molecule has 0 heterocycles. The largest absolute Gasteiger partial charge is 0.192 e. The van der Waals surface area contributed by atoms with Crippen molar-refractivity contribution >= 4 is 17.2 Å². The van der Waals surface area contributed by atoms with Crippen LogP contribution >= 0.6 is 0 Å². The lowest BCUT2D eigenvalue weighted by atomic mass is 9.85. The summed E-state index contributed by atoms with van der Waals surface area (Å²) in [6.45, 7) is 2.09. The SMILES string of the molecule is Cc1ccc(/C(=C(\c2ccccc2)c2ccc(C=C(C#N)C#N)cc2)c2ccccc2)cc1. The molecule has 0 unspecified atom stereocenters. The van der Waals surface area contributed by atoms with E-state index in [4.69, 9.17) is 10.5 Å². The smallest absolute Gasteiger partial charge is 0.130 e. The van der Waals surface area contributed by atoms with Gasteiger partial charge in [0.05, 0.1) is 0 Å². The molecule has 33 heavy (non-hydrogen) atoms. The fourth-order valence-corrected chi connectivity index (χ4v) is 3.84. The zero-order chi connectivity index (χ0) is 23.0. The second kappa shape index (κ2) is 10.1. The molecular formula is C31H22N2. The topological polar surface area (TPSA) is 47.6 Å². The van der Waals surface area contributed by atoms with Crippen molar-refractivity contribution in [1.82, 2.24) is 0 Å². The summed E-state index contributed by atoms with van der Waals surface area (Å²) in [5.41, 5.74) is 8.87. The van der Waals surface area contributed by atoms with Crippen LogP contribution in [0, 0.1) is 29.6 Å². The van der Waals surface area contributed by atoms with E-state index in [1.54, 1.807) is 6.08 Å². The fraction of sp³-hybridized carbons (Fsp3) is 0.0323. The highest BCUT2D eigenvalue weighted by Gasteiger charge is 2.16. The van der Waals surface area contributed by atoms with Crippen molar-refractivity contribution in [1.29, 1.82) is 10.5 Å². The van der Waals surface area contributed by atoms with Crippen molar-refractivity contribution in [2.45, 2.75) is 6.92 Å². The second-order valence-corrected chi connectivity index (χ2v) is 7.75. The minimum atomic E-state index is 0.0891. The van der Waals surface area contributed by atoms with E-state index in [0.29, 0.717) is 0 Å². The summed E-state index contributed by atoms with van der Waals surface area (Å²) in [6, 6.07) is 41.3. The van der Waals surface area contributed by atoms with Crippen LogP contribution < -0.4 is 0 Å². The van der Waals surface area contributed by atoms with E-state index >= 15 is 0 Å². The van der Waals surface area contributed by atoms with Crippen LogP contribution in [0.4, 0.5) is 0 Å². The average molecular weight is 423 g/mol. The number of aryl methyl sites for hydroxylation is 1. The molecule has 0 amide bonds. The van der Waals surface area contributed by atoms with Crippen molar-refractivity contribution in [3.63, 3.8) is 0 Å². The molecule has 0 aliphatic heterocycles. The Bertz CT molecular complexity index is 1360. The third-order valence-electron chi connectivity index (χ3n) is 5.47. The zero-order valence-corrected chi connectivity index (χ0v) is 18.4. The quantitative estimate of drug-likeness (QED) is 0.248. The molecule has 4 rings (SSSR count). The number of rotatable bonds is 5. The molecule has 0 saturated carbocycles. The summed E-state index contributed by atoms with van der Waals surface area (Å²) in [4.78, 5) is 0. The van der Waals surface area contributed by atoms with Crippen molar-refractivity contribution < 1.29 is 0 Å². The van der Waals surface area contributed by atoms with Crippen molar-refractivity contribution in [2.75, 3.05) is 0 Å². The van der Waals surface area contributed by atoms with Crippen molar-refractivity contribution in [2.24, 2.45) is 0 Å². The van der Waals surface area contributed by atoms with Gasteiger partial charge in [0, 0.05) is 0 Å². The third-order valence-corrected chi connectivity index (χ3v) is 5.47. The number of nitriles is 2. The van der Waals surface area contributed by atoms with Gasteiger partial charge in [-0.25, -0.2) is 0 Å². The number of hydrogen-bond donors (Lipinski definition) is 0. The molecule has 0 bridgehead atoms. The molecule has 0 aromatic heterocycles. The van der Waals surface area contributed by atoms with E-state index in [1.807, 2.05) is 36.4 Å².